The lowest BCUT2D eigenvalue weighted by Crippen LogP contribution is -2.40. The first kappa shape index (κ1) is 14.0. The highest BCUT2D eigenvalue weighted by Crippen LogP contribution is 2.46. The molecule has 0 radical (unpaired) electrons. The molecule has 0 bridgehead atoms. The van der Waals surface area contributed by atoms with Gasteiger partial charge in [-0.3, -0.25) is 0 Å². The second-order valence-corrected chi connectivity index (χ2v) is 6.22. The van der Waals surface area contributed by atoms with Gasteiger partial charge in [-0.15, -0.1) is 0 Å². The Morgan fingerprint density at radius 2 is 1.67 bits per heavy atom. The van der Waals surface area contributed by atoms with E-state index in [4.69, 9.17) is 0 Å². The molecule has 2 rings (SSSR count). The van der Waals surface area contributed by atoms with Crippen molar-refractivity contribution in [2.75, 3.05) is 0 Å². The van der Waals surface area contributed by atoms with Crippen molar-refractivity contribution < 1.29 is 8.78 Å². The summed E-state index contributed by atoms with van der Waals surface area (Å²) in [7, 11) is 0. The summed E-state index contributed by atoms with van der Waals surface area (Å²) < 4.78 is 29.2. The lowest BCUT2D eigenvalue weighted by molar-refractivity contribution is -0.132. The fourth-order valence-corrected chi connectivity index (χ4v) is 3.66. The van der Waals surface area contributed by atoms with E-state index in [0.29, 0.717) is 6.42 Å². The normalized spacial score (nSPS) is 39.4. The molecule has 0 aromatic carbocycles. The largest absolute Gasteiger partial charge is 0.253 e. The highest BCUT2D eigenvalue weighted by molar-refractivity contribution is 4.94. The highest BCUT2D eigenvalue weighted by Gasteiger charge is 2.47. The molecule has 0 aromatic rings. The van der Waals surface area contributed by atoms with Gasteiger partial charge in [0.1, 0.15) is 0 Å². The summed E-state index contributed by atoms with van der Waals surface area (Å²) in [6.45, 7) is 1.75. The molecule has 2 aliphatic carbocycles. The Labute approximate surface area is 110 Å². The number of hydrogen-bond acceptors (Lipinski definition) is 0. The molecule has 1 saturated carbocycles. The molecule has 104 valence electrons. The van der Waals surface area contributed by atoms with Gasteiger partial charge in [0.25, 0.3) is 5.92 Å². The first-order chi connectivity index (χ1) is 8.62. The Kier molecular flexibility index (Phi) is 4.80. The summed E-state index contributed by atoms with van der Waals surface area (Å²) in [4.78, 5) is 0. The number of rotatable bonds is 0. The zero-order valence-corrected chi connectivity index (χ0v) is 11.5. The Morgan fingerprint density at radius 1 is 0.944 bits per heavy atom. The van der Waals surface area contributed by atoms with Gasteiger partial charge in [-0.25, -0.2) is 8.78 Å². The third-order valence-electron chi connectivity index (χ3n) is 4.92. The quantitative estimate of drug-likeness (QED) is 0.496. The molecule has 3 atom stereocenters. The standard InChI is InChI=1S/C16H26F2/c1-13-9-7-8-11-14-10-5-3-2-4-6-12-15(14)16(13,17)18/h3,5,13-15H,2,4,6-12H2,1H3/b5-3-/t13-,14?,15?/m0/s1. The fourth-order valence-electron chi connectivity index (χ4n) is 3.66. The Morgan fingerprint density at radius 3 is 2.50 bits per heavy atom. The van der Waals surface area contributed by atoms with E-state index >= 15 is 0 Å². The van der Waals surface area contributed by atoms with E-state index in [2.05, 4.69) is 12.2 Å². The maximum absolute atomic E-state index is 14.6. The third-order valence-corrected chi connectivity index (χ3v) is 4.92. The van der Waals surface area contributed by atoms with E-state index in [1.54, 1.807) is 6.92 Å². The molecule has 0 aromatic heterocycles. The van der Waals surface area contributed by atoms with Crippen molar-refractivity contribution in [1.82, 2.24) is 0 Å². The number of halogens is 2. The van der Waals surface area contributed by atoms with Gasteiger partial charge >= 0.3 is 0 Å². The van der Waals surface area contributed by atoms with Crippen LogP contribution >= 0.6 is 0 Å². The molecule has 0 N–H and O–H groups in total. The Balaban J connectivity index is 2.19. The number of alkyl halides is 2. The average Bonchev–Trinajstić information content (AvgIpc) is 2.45. The summed E-state index contributed by atoms with van der Waals surface area (Å²) in [5.41, 5.74) is 0. The van der Waals surface area contributed by atoms with E-state index < -0.39 is 11.8 Å². The number of allylic oxidation sites excluding steroid dienone is 2. The monoisotopic (exact) mass is 256 g/mol. The summed E-state index contributed by atoms with van der Waals surface area (Å²) in [5.74, 6) is -3.06. The van der Waals surface area contributed by atoms with E-state index in [0.717, 1.165) is 51.4 Å². The van der Waals surface area contributed by atoms with Crippen LogP contribution in [-0.4, -0.2) is 5.92 Å². The molecule has 0 heterocycles. The van der Waals surface area contributed by atoms with Gasteiger partial charge in [-0.05, 0) is 44.4 Å². The predicted molar refractivity (Wildman–Crippen MR) is 71.8 cm³/mol. The SMILES string of the molecule is C[C@H]1CCCCC2C/C=C\CCCCC2C1(F)F. The van der Waals surface area contributed by atoms with E-state index in [9.17, 15) is 8.78 Å². The van der Waals surface area contributed by atoms with E-state index in [1.165, 1.54) is 0 Å². The van der Waals surface area contributed by atoms with Crippen molar-refractivity contribution in [1.29, 1.82) is 0 Å². The molecular weight excluding hydrogens is 230 g/mol. The van der Waals surface area contributed by atoms with Crippen molar-refractivity contribution in [2.24, 2.45) is 17.8 Å². The molecule has 0 aliphatic heterocycles. The van der Waals surface area contributed by atoms with Crippen molar-refractivity contribution in [2.45, 2.75) is 70.6 Å². The lowest BCUT2D eigenvalue weighted by Gasteiger charge is -2.38. The first-order valence-corrected chi connectivity index (χ1v) is 7.65. The molecule has 1 fully saturated rings. The second kappa shape index (κ2) is 6.16. The van der Waals surface area contributed by atoms with Gasteiger partial charge in [-0.1, -0.05) is 38.3 Å². The van der Waals surface area contributed by atoms with Crippen LogP contribution in [-0.2, 0) is 0 Å². The molecule has 2 unspecified atom stereocenters. The maximum Gasteiger partial charge on any atom is 0.253 e. The van der Waals surface area contributed by atoms with Crippen molar-refractivity contribution in [3.05, 3.63) is 12.2 Å². The molecule has 0 spiro atoms. The summed E-state index contributed by atoms with van der Waals surface area (Å²) >= 11 is 0. The van der Waals surface area contributed by atoms with Crippen molar-refractivity contribution in [3.63, 3.8) is 0 Å². The predicted octanol–water partition coefficient (Wildman–Crippen LogP) is 5.58. The zero-order valence-electron chi connectivity index (χ0n) is 11.5. The maximum atomic E-state index is 14.6. The van der Waals surface area contributed by atoms with Crippen LogP contribution < -0.4 is 0 Å². The number of fused-ring (bicyclic) bond motifs is 1. The summed E-state index contributed by atoms with van der Waals surface area (Å²) in [6.07, 6.45) is 12.9. The molecule has 2 aliphatic rings. The first-order valence-electron chi connectivity index (χ1n) is 7.65. The molecule has 2 heteroatoms. The molecule has 18 heavy (non-hydrogen) atoms. The summed E-state index contributed by atoms with van der Waals surface area (Å²) in [6, 6.07) is 0. The van der Waals surface area contributed by atoms with Crippen molar-refractivity contribution in [3.8, 4) is 0 Å². The minimum absolute atomic E-state index is 0.206. The van der Waals surface area contributed by atoms with Gasteiger partial charge in [0.05, 0.1) is 0 Å². The average molecular weight is 256 g/mol. The molecule has 0 nitrogen and oxygen atoms in total. The molecule has 0 amide bonds. The minimum atomic E-state index is -2.46. The van der Waals surface area contributed by atoms with Crippen LogP contribution in [0, 0.1) is 17.8 Å². The van der Waals surface area contributed by atoms with Crippen LogP contribution in [0.1, 0.15) is 64.7 Å². The lowest BCUT2D eigenvalue weighted by atomic mass is 9.72. The highest BCUT2D eigenvalue weighted by atomic mass is 19.3. The minimum Gasteiger partial charge on any atom is -0.206 e. The topological polar surface area (TPSA) is 0 Å². The molecular formula is C16H26F2. The van der Waals surface area contributed by atoms with Crippen LogP contribution in [0.3, 0.4) is 0 Å². The van der Waals surface area contributed by atoms with E-state index in [1.807, 2.05) is 0 Å². The molecule has 0 saturated heterocycles. The second-order valence-electron chi connectivity index (χ2n) is 6.22. The van der Waals surface area contributed by atoms with E-state index in [-0.39, 0.29) is 11.8 Å². The van der Waals surface area contributed by atoms with Gasteiger partial charge in [0.15, 0.2) is 0 Å². The van der Waals surface area contributed by atoms with Crippen LogP contribution in [0.5, 0.6) is 0 Å². The summed E-state index contributed by atoms with van der Waals surface area (Å²) in [5, 5.41) is 0. The van der Waals surface area contributed by atoms with Gasteiger partial charge in [-0.2, -0.15) is 0 Å². The van der Waals surface area contributed by atoms with Crippen molar-refractivity contribution >= 4 is 0 Å². The van der Waals surface area contributed by atoms with Gasteiger partial charge in [0.2, 0.25) is 0 Å². The number of hydrogen-bond donors (Lipinski definition) is 0. The van der Waals surface area contributed by atoms with Crippen LogP contribution in [0.25, 0.3) is 0 Å². The Hall–Kier alpha value is -0.400. The van der Waals surface area contributed by atoms with Gasteiger partial charge in [0, 0.05) is 11.8 Å². The zero-order chi connectivity index (χ0) is 13.0. The van der Waals surface area contributed by atoms with Crippen LogP contribution in [0.2, 0.25) is 0 Å². The fraction of sp³-hybridized carbons (Fsp3) is 0.875. The Bertz CT molecular complexity index is 283. The van der Waals surface area contributed by atoms with Crippen LogP contribution in [0.15, 0.2) is 12.2 Å². The third kappa shape index (κ3) is 3.13. The van der Waals surface area contributed by atoms with Crippen LogP contribution in [0.4, 0.5) is 8.78 Å². The smallest absolute Gasteiger partial charge is 0.206 e. The van der Waals surface area contributed by atoms with Gasteiger partial charge < -0.3 is 0 Å².